The molecule has 0 radical (unpaired) electrons. The molecule has 0 saturated carbocycles. The van der Waals surface area contributed by atoms with Gasteiger partial charge >= 0.3 is 0 Å². The fourth-order valence-electron chi connectivity index (χ4n) is 2.20. The molecular weight excluding hydrogens is 288 g/mol. The molecule has 1 unspecified atom stereocenters. The Morgan fingerprint density at radius 1 is 1.19 bits per heavy atom. The zero-order valence-electron chi connectivity index (χ0n) is 12.2. The first-order valence-electron chi connectivity index (χ1n) is 6.66. The summed E-state index contributed by atoms with van der Waals surface area (Å²) >= 11 is 6.17. The highest BCUT2D eigenvalue weighted by molar-refractivity contribution is 6.31. The van der Waals surface area contributed by atoms with E-state index >= 15 is 0 Å². The van der Waals surface area contributed by atoms with Gasteiger partial charge in [-0.3, -0.25) is 10.1 Å². The lowest BCUT2D eigenvalue weighted by atomic mass is 10.1. The second-order valence-electron chi connectivity index (χ2n) is 5.10. The van der Waals surface area contributed by atoms with Crippen molar-refractivity contribution in [1.29, 1.82) is 0 Å². The monoisotopic (exact) mass is 304 g/mol. The summed E-state index contributed by atoms with van der Waals surface area (Å²) in [5.41, 5.74) is 3.41. The molecule has 0 fully saturated rings. The summed E-state index contributed by atoms with van der Waals surface area (Å²) in [5, 5.41) is 15.0. The topological polar surface area (TPSA) is 55.2 Å². The highest BCUT2D eigenvalue weighted by atomic mass is 35.5. The summed E-state index contributed by atoms with van der Waals surface area (Å²) in [6, 6.07) is 10.7. The fraction of sp³-hybridized carbons (Fsp3) is 0.250. The molecule has 0 amide bonds. The van der Waals surface area contributed by atoms with E-state index in [9.17, 15) is 10.1 Å². The van der Waals surface area contributed by atoms with E-state index in [0.29, 0.717) is 10.7 Å². The Morgan fingerprint density at radius 2 is 1.81 bits per heavy atom. The number of halogens is 1. The summed E-state index contributed by atoms with van der Waals surface area (Å²) in [6.45, 7) is 5.73. The quantitative estimate of drug-likeness (QED) is 0.636. The third-order valence-electron chi connectivity index (χ3n) is 3.55. The predicted octanol–water partition coefficient (Wildman–Crippen LogP) is 5.04. The molecule has 0 aromatic heterocycles. The van der Waals surface area contributed by atoms with Crippen LogP contribution in [0.5, 0.6) is 0 Å². The highest BCUT2D eigenvalue weighted by Crippen LogP contribution is 2.32. The SMILES string of the molecule is Cc1cc(NC(C)c2ccccc2Cl)c([N+](=O)[O-])cc1C. The van der Waals surface area contributed by atoms with E-state index < -0.39 is 0 Å². The number of aryl methyl sites for hydroxylation is 2. The summed E-state index contributed by atoms with van der Waals surface area (Å²) in [5.74, 6) is 0. The van der Waals surface area contributed by atoms with Gasteiger partial charge in [-0.2, -0.15) is 0 Å². The van der Waals surface area contributed by atoms with Crippen molar-refractivity contribution < 1.29 is 4.92 Å². The molecule has 5 heteroatoms. The van der Waals surface area contributed by atoms with E-state index in [-0.39, 0.29) is 16.7 Å². The number of nitro benzene ring substituents is 1. The summed E-state index contributed by atoms with van der Waals surface area (Å²) in [6.07, 6.45) is 0. The lowest BCUT2D eigenvalue weighted by Gasteiger charge is -2.18. The Labute approximate surface area is 128 Å². The van der Waals surface area contributed by atoms with Gasteiger partial charge in [0.15, 0.2) is 0 Å². The van der Waals surface area contributed by atoms with Gasteiger partial charge in [0.1, 0.15) is 5.69 Å². The molecule has 0 aliphatic heterocycles. The number of nitrogens with zero attached hydrogens (tertiary/aromatic N) is 1. The number of benzene rings is 2. The lowest BCUT2D eigenvalue weighted by molar-refractivity contribution is -0.384. The Bertz CT molecular complexity index is 686. The molecule has 0 spiro atoms. The van der Waals surface area contributed by atoms with E-state index in [1.165, 1.54) is 0 Å². The molecule has 0 bridgehead atoms. The fourth-order valence-corrected chi connectivity index (χ4v) is 2.50. The molecule has 0 aliphatic rings. The maximum atomic E-state index is 11.2. The second-order valence-corrected chi connectivity index (χ2v) is 5.51. The zero-order chi connectivity index (χ0) is 15.6. The Hall–Kier alpha value is -2.07. The van der Waals surface area contributed by atoms with Crippen LogP contribution in [0.1, 0.15) is 29.7 Å². The predicted molar refractivity (Wildman–Crippen MR) is 86.1 cm³/mol. The molecule has 0 aliphatic carbocycles. The summed E-state index contributed by atoms with van der Waals surface area (Å²) in [4.78, 5) is 10.8. The molecule has 2 rings (SSSR count). The van der Waals surface area contributed by atoms with Gasteiger partial charge in [-0.05, 0) is 49.6 Å². The Kier molecular flexibility index (Phi) is 4.48. The molecule has 1 N–H and O–H groups in total. The molecule has 2 aromatic rings. The van der Waals surface area contributed by atoms with Crippen molar-refractivity contribution in [2.75, 3.05) is 5.32 Å². The average molecular weight is 305 g/mol. The van der Waals surface area contributed by atoms with Crippen LogP contribution in [0, 0.1) is 24.0 Å². The van der Waals surface area contributed by atoms with Gasteiger partial charge in [0.2, 0.25) is 0 Å². The number of anilines is 1. The molecule has 4 nitrogen and oxygen atoms in total. The van der Waals surface area contributed by atoms with Gasteiger partial charge in [-0.1, -0.05) is 29.8 Å². The van der Waals surface area contributed by atoms with Crippen molar-refractivity contribution in [3.63, 3.8) is 0 Å². The number of nitrogens with one attached hydrogen (secondary N) is 1. The van der Waals surface area contributed by atoms with Crippen molar-refractivity contribution in [3.05, 3.63) is 68.2 Å². The standard InChI is InChI=1S/C16H17ClN2O2/c1-10-8-15(16(19(20)21)9-11(10)2)18-12(3)13-6-4-5-7-14(13)17/h4-9,12,18H,1-3H3. The van der Waals surface area contributed by atoms with E-state index in [1.807, 2.05) is 45.0 Å². The van der Waals surface area contributed by atoms with E-state index in [1.54, 1.807) is 12.1 Å². The molecule has 0 saturated heterocycles. The van der Waals surface area contributed by atoms with Gasteiger partial charge in [0.05, 0.1) is 11.0 Å². The number of nitro groups is 1. The van der Waals surface area contributed by atoms with Gasteiger partial charge in [0, 0.05) is 11.1 Å². The van der Waals surface area contributed by atoms with Gasteiger partial charge in [-0.25, -0.2) is 0 Å². The maximum absolute atomic E-state index is 11.2. The summed E-state index contributed by atoms with van der Waals surface area (Å²) in [7, 11) is 0. The first-order chi connectivity index (χ1) is 9.90. The van der Waals surface area contributed by atoms with Crippen LogP contribution < -0.4 is 5.32 Å². The largest absolute Gasteiger partial charge is 0.373 e. The smallest absolute Gasteiger partial charge is 0.292 e. The van der Waals surface area contributed by atoms with Gasteiger partial charge in [0.25, 0.3) is 5.69 Å². The minimum atomic E-state index is -0.367. The molecule has 2 aromatic carbocycles. The van der Waals surface area contributed by atoms with Gasteiger partial charge < -0.3 is 5.32 Å². The van der Waals surface area contributed by atoms with E-state index in [4.69, 9.17) is 11.6 Å². The molecule has 1 atom stereocenters. The van der Waals surface area contributed by atoms with Crippen LogP contribution in [0.15, 0.2) is 36.4 Å². The molecule has 21 heavy (non-hydrogen) atoms. The van der Waals surface area contributed by atoms with E-state index in [0.717, 1.165) is 16.7 Å². The van der Waals surface area contributed by atoms with Crippen molar-refractivity contribution >= 4 is 23.0 Å². The van der Waals surface area contributed by atoms with Crippen molar-refractivity contribution in [1.82, 2.24) is 0 Å². The van der Waals surface area contributed by atoms with Crippen LogP contribution in [0.4, 0.5) is 11.4 Å². The van der Waals surface area contributed by atoms with Crippen molar-refractivity contribution in [2.45, 2.75) is 26.8 Å². The van der Waals surface area contributed by atoms with Gasteiger partial charge in [-0.15, -0.1) is 0 Å². The third-order valence-corrected chi connectivity index (χ3v) is 3.90. The zero-order valence-corrected chi connectivity index (χ0v) is 12.9. The average Bonchev–Trinajstić information content (AvgIpc) is 2.42. The molecular formula is C16H17ClN2O2. The number of hydrogen-bond donors (Lipinski definition) is 1. The molecule has 110 valence electrons. The number of rotatable bonds is 4. The highest BCUT2D eigenvalue weighted by Gasteiger charge is 2.18. The van der Waals surface area contributed by atoms with Crippen LogP contribution in [-0.4, -0.2) is 4.92 Å². The van der Waals surface area contributed by atoms with E-state index in [2.05, 4.69) is 5.32 Å². The molecule has 0 heterocycles. The summed E-state index contributed by atoms with van der Waals surface area (Å²) < 4.78 is 0. The minimum absolute atomic E-state index is 0.0806. The Balaban J connectivity index is 2.37. The first-order valence-corrected chi connectivity index (χ1v) is 7.04. The lowest BCUT2D eigenvalue weighted by Crippen LogP contribution is -2.09. The number of hydrogen-bond acceptors (Lipinski definition) is 3. The van der Waals surface area contributed by atoms with Crippen LogP contribution in [0.3, 0.4) is 0 Å². The maximum Gasteiger partial charge on any atom is 0.292 e. The third kappa shape index (κ3) is 3.34. The normalized spacial score (nSPS) is 12.0. The van der Waals surface area contributed by atoms with Crippen LogP contribution >= 0.6 is 11.6 Å². The first kappa shape index (κ1) is 15.3. The van der Waals surface area contributed by atoms with Crippen molar-refractivity contribution in [3.8, 4) is 0 Å². The van der Waals surface area contributed by atoms with Crippen LogP contribution in [0.2, 0.25) is 5.02 Å². The Morgan fingerprint density at radius 3 is 2.43 bits per heavy atom. The minimum Gasteiger partial charge on any atom is -0.373 e. The van der Waals surface area contributed by atoms with Crippen LogP contribution in [0.25, 0.3) is 0 Å². The second kappa shape index (κ2) is 6.14. The van der Waals surface area contributed by atoms with Crippen molar-refractivity contribution in [2.24, 2.45) is 0 Å². The van der Waals surface area contributed by atoms with Crippen LogP contribution in [-0.2, 0) is 0 Å².